The Bertz CT molecular complexity index is 581. The Balaban J connectivity index is 2.58. The van der Waals surface area contributed by atoms with E-state index >= 15 is 0 Å². The third-order valence-electron chi connectivity index (χ3n) is 3.09. The van der Waals surface area contributed by atoms with Gasteiger partial charge in [-0.05, 0) is 13.0 Å². The molecule has 2 N–H and O–H groups in total. The summed E-state index contributed by atoms with van der Waals surface area (Å²) in [6, 6.07) is 3.82. The minimum Gasteiger partial charge on any atom is -0.490 e. The number of nitriles is 1. The van der Waals surface area contributed by atoms with E-state index in [1.807, 2.05) is 0 Å². The Kier molecular flexibility index (Phi) is 3.16. The van der Waals surface area contributed by atoms with Gasteiger partial charge in [-0.2, -0.15) is 5.26 Å². The molecule has 0 saturated carbocycles. The molecule has 0 saturated heterocycles. The summed E-state index contributed by atoms with van der Waals surface area (Å²) in [4.78, 5) is 10.9. The van der Waals surface area contributed by atoms with Crippen molar-refractivity contribution in [3.05, 3.63) is 29.1 Å². The minimum absolute atomic E-state index is 0.0722. The molecule has 1 aliphatic heterocycles. The maximum absolute atomic E-state index is 13.5. The molecule has 0 aromatic heterocycles. The summed E-state index contributed by atoms with van der Waals surface area (Å²) < 4.78 is 18.9. The summed E-state index contributed by atoms with van der Waals surface area (Å²) in [5, 5.41) is 28.2. The van der Waals surface area contributed by atoms with E-state index in [0.717, 1.165) is 12.1 Å². The molecule has 0 radical (unpaired) electrons. The van der Waals surface area contributed by atoms with E-state index in [-0.39, 0.29) is 23.3 Å². The Labute approximate surface area is 108 Å². The van der Waals surface area contributed by atoms with E-state index < -0.39 is 29.9 Å². The number of carboxylic acid groups (broad SMARTS) is 1. The average Bonchev–Trinajstić information content (AvgIpc) is 2.26. The molecule has 6 heteroatoms. The zero-order chi connectivity index (χ0) is 14.2. The normalized spacial score (nSPS) is 25.1. The third-order valence-corrected chi connectivity index (χ3v) is 3.09. The summed E-state index contributed by atoms with van der Waals surface area (Å²) in [6.07, 6.45) is -0.892. The van der Waals surface area contributed by atoms with Crippen LogP contribution in [-0.4, -0.2) is 22.3 Å². The van der Waals surface area contributed by atoms with Gasteiger partial charge in [0.25, 0.3) is 0 Å². The zero-order valence-electron chi connectivity index (χ0n) is 10.2. The second-order valence-corrected chi connectivity index (χ2v) is 4.67. The fraction of sp³-hybridized carbons (Fsp3) is 0.385. The lowest BCUT2D eigenvalue weighted by atomic mass is 9.82. The summed E-state index contributed by atoms with van der Waals surface area (Å²) in [6.45, 7) is 1.66. The SMILES string of the molecule is C[C@@H]1C[C@@](O)(CC(=O)O)c2cc(C#N)c(F)cc2O1. The van der Waals surface area contributed by atoms with Gasteiger partial charge >= 0.3 is 5.97 Å². The van der Waals surface area contributed by atoms with E-state index in [1.165, 1.54) is 0 Å². The van der Waals surface area contributed by atoms with E-state index in [4.69, 9.17) is 15.1 Å². The molecule has 0 fully saturated rings. The first-order chi connectivity index (χ1) is 8.85. The number of halogens is 1. The van der Waals surface area contributed by atoms with Gasteiger partial charge in [-0.15, -0.1) is 0 Å². The molecule has 0 bridgehead atoms. The van der Waals surface area contributed by atoms with Gasteiger partial charge in [0.05, 0.1) is 18.1 Å². The molecular formula is C13H12FNO4. The van der Waals surface area contributed by atoms with E-state index in [1.54, 1.807) is 13.0 Å². The van der Waals surface area contributed by atoms with Crippen LogP contribution in [0.2, 0.25) is 0 Å². The van der Waals surface area contributed by atoms with Gasteiger partial charge in [-0.3, -0.25) is 4.79 Å². The summed E-state index contributed by atoms with van der Waals surface area (Å²) in [7, 11) is 0. The van der Waals surface area contributed by atoms with Gasteiger partial charge in [0.1, 0.15) is 23.2 Å². The molecule has 100 valence electrons. The second kappa shape index (κ2) is 4.52. The second-order valence-electron chi connectivity index (χ2n) is 4.67. The van der Waals surface area contributed by atoms with Gasteiger partial charge in [-0.1, -0.05) is 0 Å². The molecule has 1 aromatic rings. The van der Waals surface area contributed by atoms with E-state index in [2.05, 4.69) is 0 Å². The van der Waals surface area contributed by atoms with Gasteiger partial charge in [0.2, 0.25) is 0 Å². The maximum Gasteiger partial charge on any atom is 0.306 e. The number of carboxylic acids is 1. The van der Waals surface area contributed by atoms with Gasteiger partial charge < -0.3 is 14.9 Å². The Hall–Kier alpha value is -2.13. The molecule has 0 amide bonds. The molecule has 1 heterocycles. The molecule has 0 spiro atoms. The highest BCUT2D eigenvalue weighted by molar-refractivity contribution is 5.69. The number of fused-ring (bicyclic) bond motifs is 1. The van der Waals surface area contributed by atoms with Crippen LogP contribution in [0.15, 0.2) is 12.1 Å². The summed E-state index contributed by atoms with van der Waals surface area (Å²) in [5.41, 5.74) is -1.76. The molecule has 5 nitrogen and oxygen atoms in total. The van der Waals surface area contributed by atoms with Crippen molar-refractivity contribution in [2.24, 2.45) is 0 Å². The lowest BCUT2D eigenvalue weighted by Crippen LogP contribution is -2.39. The van der Waals surface area contributed by atoms with Crippen molar-refractivity contribution in [3.63, 3.8) is 0 Å². The Morgan fingerprint density at radius 2 is 2.37 bits per heavy atom. The lowest BCUT2D eigenvalue weighted by Gasteiger charge is -2.36. The summed E-state index contributed by atoms with van der Waals surface area (Å²) >= 11 is 0. The molecule has 2 rings (SSSR count). The molecule has 2 atom stereocenters. The highest BCUT2D eigenvalue weighted by atomic mass is 19.1. The van der Waals surface area contributed by atoms with Crippen LogP contribution in [0, 0.1) is 17.1 Å². The van der Waals surface area contributed by atoms with Crippen LogP contribution in [0.3, 0.4) is 0 Å². The average molecular weight is 265 g/mol. The van der Waals surface area contributed by atoms with Gasteiger partial charge in [0, 0.05) is 18.1 Å². The predicted molar refractivity (Wildman–Crippen MR) is 62.0 cm³/mol. The highest BCUT2D eigenvalue weighted by Gasteiger charge is 2.41. The first-order valence-corrected chi connectivity index (χ1v) is 5.70. The molecule has 1 aliphatic rings. The van der Waals surface area contributed by atoms with Crippen LogP contribution in [0.25, 0.3) is 0 Å². The number of carbonyl (C=O) groups is 1. The molecule has 19 heavy (non-hydrogen) atoms. The van der Waals surface area contributed by atoms with E-state index in [0.29, 0.717) is 0 Å². The highest BCUT2D eigenvalue weighted by Crippen LogP contribution is 2.42. The van der Waals surface area contributed by atoms with Crippen molar-refractivity contribution in [3.8, 4) is 11.8 Å². The van der Waals surface area contributed by atoms with Crippen molar-refractivity contribution in [2.75, 3.05) is 0 Å². The number of ether oxygens (including phenoxy) is 1. The standard InChI is InChI=1S/C13H12FNO4/c1-7-4-13(18,5-12(16)17)9-2-8(6-15)10(14)3-11(9)19-7/h2-3,7,18H,4-5H2,1H3,(H,16,17)/t7-,13-/m1/s1. The predicted octanol–water partition coefficient (Wildman–Crippen LogP) is 1.53. The molecule has 0 unspecified atom stereocenters. The van der Waals surface area contributed by atoms with Crippen molar-refractivity contribution in [1.29, 1.82) is 5.26 Å². The number of rotatable bonds is 2. The van der Waals surface area contributed by atoms with Crippen LogP contribution in [0.5, 0.6) is 5.75 Å². The fourth-order valence-corrected chi connectivity index (χ4v) is 2.36. The van der Waals surface area contributed by atoms with Crippen LogP contribution in [-0.2, 0) is 10.4 Å². The first-order valence-electron chi connectivity index (χ1n) is 5.70. The van der Waals surface area contributed by atoms with Crippen LogP contribution in [0.1, 0.15) is 30.9 Å². The Morgan fingerprint density at radius 3 is 2.95 bits per heavy atom. The van der Waals surface area contributed by atoms with E-state index in [9.17, 15) is 14.3 Å². The minimum atomic E-state index is -1.65. The zero-order valence-corrected chi connectivity index (χ0v) is 10.2. The van der Waals surface area contributed by atoms with Crippen molar-refractivity contribution in [1.82, 2.24) is 0 Å². The maximum atomic E-state index is 13.5. The molecule has 1 aromatic carbocycles. The number of nitrogens with zero attached hydrogens (tertiary/aromatic N) is 1. The molecular weight excluding hydrogens is 253 g/mol. The summed E-state index contributed by atoms with van der Waals surface area (Å²) in [5.74, 6) is -1.85. The number of aliphatic carboxylic acids is 1. The van der Waals surface area contributed by atoms with Crippen LogP contribution in [0.4, 0.5) is 4.39 Å². The largest absolute Gasteiger partial charge is 0.490 e. The third kappa shape index (κ3) is 2.37. The monoisotopic (exact) mass is 265 g/mol. The lowest BCUT2D eigenvalue weighted by molar-refractivity contribution is -0.145. The number of aliphatic hydroxyl groups is 1. The Morgan fingerprint density at radius 1 is 1.68 bits per heavy atom. The number of benzene rings is 1. The van der Waals surface area contributed by atoms with Crippen LogP contribution < -0.4 is 4.74 Å². The van der Waals surface area contributed by atoms with Gasteiger partial charge in [-0.25, -0.2) is 4.39 Å². The quantitative estimate of drug-likeness (QED) is 0.846. The molecule has 0 aliphatic carbocycles. The van der Waals surface area contributed by atoms with Crippen LogP contribution >= 0.6 is 0 Å². The number of hydrogen-bond acceptors (Lipinski definition) is 4. The first kappa shape index (κ1) is 13.3. The van der Waals surface area contributed by atoms with Crippen molar-refractivity contribution in [2.45, 2.75) is 31.5 Å². The van der Waals surface area contributed by atoms with Crippen molar-refractivity contribution >= 4 is 5.97 Å². The fourth-order valence-electron chi connectivity index (χ4n) is 2.36. The van der Waals surface area contributed by atoms with Crippen molar-refractivity contribution < 1.29 is 24.1 Å². The smallest absolute Gasteiger partial charge is 0.306 e. The van der Waals surface area contributed by atoms with Gasteiger partial charge in [0.15, 0.2) is 0 Å². The number of hydrogen-bond donors (Lipinski definition) is 2. The topological polar surface area (TPSA) is 90.5 Å².